The number of hydrogen-bond acceptors (Lipinski definition) is 3. The predicted octanol–water partition coefficient (Wildman–Crippen LogP) is 3.26. The van der Waals surface area contributed by atoms with Crippen molar-refractivity contribution in [3.63, 3.8) is 0 Å². The van der Waals surface area contributed by atoms with E-state index in [9.17, 15) is 13.2 Å². The summed E-state index contributed by atoms with van der Waals surface area (Å²) in [5.41, 5.74) is -3.48. The van der Waals surface area contributed by atoms with Crippen molar-refractivity contribution < 1.29 is 13.2 Å². The van der Waals surface area contributed by atoms with Crippen LogP contribution in [0.2, 0.25) is 0 Å². The Kier molecular flexibility index (Phi) is 4.76. The number of piperazine rings is 1. The van der Waals surface area contributed by atoms with Crippen molar-refractivity contribution in [1.82, 2.24) is 10.2 Å². The molecule has 0 spiro atoms. The Balaban J connectivity index is 2.18. The van der Waals surface area contributed by atoms with Gasteiger partial charge in [-0.2, -0.15) is 13.2 Å². The first kappa shape index (κ1) is 14.7. The summed E-state index contributed by atoms with van der Waals surface area (Å²) < 4.78 is 37.7. The highest BCUT2D eigenvalue weighted by Crippen LogP contribution is 2.40. The topological polar surface area (TPSA) is 15.3 Å². The van der Waals surface area contributed by atoms with Gasteiger partial charge in [0.15, 0.2) is 0 Å². The number of rotatable bonds is 3. The van der Waals surface area contributed by atoms with Gasteiger partial charge in [0.05, 0.1) is 0 Å². The number of halogens is 3. The quantitative estimate of drug-likeness (QED) is 0.860. The summed E-state index contributed by atoms with van der Waals surface area (Å²) in [6.45, 7) is 5.48. The number of nitrogens with one attached hydrogen (secondary N) is 1. The molecule has 0 amide bonds. The molecule has 19 heavy (non-hydrogen) atoms. The SMILES string of the molecule is C[C@H](c1ccccc1SC(F)(F)F)N1CCNCC1. The van der Waals surface area contributed by atoms with Crippen LogP contribution in [0.4, 0.5) is 13.2 Å². The Labute approximate surface area is 115 Å². The van der Waals surface area contributed by atoms with E-state index in [-0.39, 0.29) is 17.8 Å². The van der Waals surface area contributed by atoms with Crippen LogP contribution in [-0.2, 0) is 0 Å². The lowest BCUT2D eigenvalue weighted by atomic mass is 10.1. The predicted molar refractivity (Wildman–Crippen MR) is 71.2 cm³/mol. The Bertz CT molecular complexity index is 417. The Hall–Kier alpha value is -0.720. The molecule has 2 rings (SSSR count). The summed E-state index contributed by atoms with van der Waals surface area (Å²) in [6.07, 6.45) is 0. The van der Waals surface area contributed by atoms with E-state index in [2.05, 4.69) is 10.2 Å². The van der Waals surface area contributed by atoms with E-state index in [1.807, 2.05) is 6.92 Å². The fourth-order valence-electron chi connectivity index (χ4n) is 2.31. The number of alkyl halides is 3. The van der Waals surface area contributed by atoms with Gasteiger partial charge in [-0.3, -0.25) is 4.90 Å². The number of nitrogens with zero attached hydrogens (tertiary/aromatic N) is 1. The van der Waals surface area contributed by atoms with Crippen LogP contribution in [0.1, 0.15) is 18.5 Å². The maximum absolute atomic E-state index is 12.6. The van der Waals surface area contributed by atoms with Crippen LogP contribution >= 0.6 is 11.8 Å². The van der Waals surface area contributed by atoms with Crippen molar-refractivity contribution in [2.45, 2.75) is 23.4 Å². The van der Waals surface area contributed by atoms with Gasteiger partial charge in [-0.05, 0) is 30.3 Å². The van der Waals surface area contributed by atoms with Crippen molar-refractivity contribution in [1.29, 1.82) is 0 Å². The van der Waals surface area contributed by atoms with Gasteiger partial charge in [-0.1, -0.05) is 18.2 Å². The molecule has 1 heterocycles. The van der Waals surface area contributed by atoms with Crippen LogP contribution in [0.15, 0.2) is 29.2 Å². The molecule has 1 fully saturated rings. The Morgan fingerprint density at radius 2 is 1.84 bits per heavy atom. The molecule has 0 aliphatic carbocycles. The number of hydrogen-bond donors (Lipinski definition) is 1. The summed E-state index contributed by atoms with van der Waals surface area (Å²) in [4.78, 5) is 2.52. The first-order valence-electron chi connectivity index (χ1n) is 6.27. The first-order chi connectivity index (χ1) is 8.97. The second kappa shape index (κ2) is 6.15. The Morgan fingerprint density at radius 3 is 2.47 bits per heavy atom. The van der Waals surface area contributed by atoms with Gasteiger partial charge in [-0.15, -0.1) is 0 Å². The minimum absolute atomic E-state index is 0.00755. The van der Waals surface area contributed by atoms with Crippen LogP contribution < -0.4 is 5.32 Å². The van der Waals surface area contributed by atoms with E-state index < -0.39 is 5.51 Å². The number of benzene rings is 1. The van der Waals surface area contributed by atoms with E-state index in [4.69, 9.17) is 0 Å². The average Bonchev–Trinajstić information content (AvgIpc) is 2.38. The van der Waals surface area contributed by atoms with E-state index in [0.717, 1.165) is 31.7 Å². The lowest BCUT2D eigenvalue weighted by Crippen LogP contribution is -2.44. The van der Waals surface area contributed by atoms with Gasteiger partial charge in [-0.25, -0.2) is 0 Å². The fraction of sp³-hybridized carbons (Fsp3) is 0.538. The van der Waals surface area contributed by atoms with E-state index in [1.165, 1.54) is 0 Å². The molecule has 1 aromatic carbocycles. The molecule has 0 saturated carbocycles. The molecule has 106 valence electrons. The minimum Gasteiger partial charge on any atom is -0.314 e. The molecule has 1 saturated heterocycles. The normalized spacial score (nSPS) is 19.4. The molecule has 1 aliphatic rings. The zero-order valence-corrected chi connectivity index (χ0v) is 11.5. The molecule has 1 aliphatic heterocycles. The van der Waals surface area contributed by atoms with Crippen LogP contribution in [0.5, 0.6) is 0 Å². The minimum atomic E-state index is -4.24. The highest BCUT2D eigenvalue weighted by atomic mass is 32.2. The maximum atomic E-state index is 12.6. The van der Waals surface area contributed by atoms with Crippen LogP contribution in [0.25, 0.3) is 0 Å². The highest BCUT2D eigenvalue weighted by molar-refractivity contribution is 8.00. The average molecular weight is 290 g/mol. The standard InChI is InChI=1S/C13H17F3N2S/c1-10(18-8-6-17-7-9-18)11-4-2-3-5-12(11)19-13(14,15)16/h2-5,10,17H,6-9H2,1H3/t10-/m1/s1. The van der Waals surface area contributed by atoms with Gasteiger partial charge < -0.3 is 5.32 Å². The van der Waals surface area contributed by atoms with Crippen LogP contribution in [0, 0.1) is 0 Å². The van der Waals surface area contributed by atoms with Crippen molar-refractivity contribution in [2.75, 3.05) is 26.2 Å². The van der Waals surface area contributed by atoms with Gasteiger partial charge in [0, 0.05) is 37.1 Å². The molecule has 1 N–H and O–H groups in total. The lowest BCUT2D eigenvalue weighted by molar-refractivity contribution is -0.0328. The second-order valence-electron chi connectivity index (χ2n) is 4.55. The Morgan fingerprint density at radius 1 is 1.21 bits per heavy atom. The van der Waals surface area contributed by atoms with E-state index in [0.29, 0.717) is 4.90 Å². The zero-order chi connectivity index (χ0) is 13.9. The third-order valence-corrected chi connectivity index (χ3v) is 4.12. The van der Waals surface area contributed by atoms with Crippen LogP contribution in [0.3, 0.4) is 0 Å². The molecule has 0 unspecified atom stereocenters. The van der Waals surface area contributed by atoms with Crippen molar-refractivity contribution in [2.24, 2.45) is 0 Å². The van der Waals surface area contributed by atoms with Gasteiger partial charge in [0.1, 0.15) is 0 Å². The largest absolute Gasteiger partial charge is 0.446 e. The molecule has 0 bridgehead atoms. The monoisotopic (exact) mass is 290 g/mol. The third kappa shape index (κ3) is 4.12. The van der Waals surface area contributed by atoms with E-state index in [1.54, 1.807) is 24.3 Å². The smallest absolute Gasteiger partial charge is 0.314 e. The number of thioether (sulfide) groups is 1. The summed E-state index contributed by atoms with van der Waals surface area (Å²) >= 11 is -0.0226. The summed E-state index contributed by atoms with van der Waals surface area (Å²) in [6, 6.07) is 6.80. The third-order valence-electron chi connectivity index (χ3n) is 3.29. The van der Waals surface area contributed by atoms with E-state index >= 15 is 0 Å². The lowest BCUT2D eigenvalue weighted by Gasteiger charge is -2.33. The molecule has 0 aromatic heterocycles. The van der Waals surface area contributed by atoms with Crippen molar-refractivity contribution >= 4 is 11.8 Å². The molecule has 0 radical (unpaired) electrons. The molecular weight excluding hydrogens is 273 g/mol. The highest BCUT2D eigenvalue weighted by Gasteiger charge is 2.31. The van der Waals surface area contributed by atoms with Gasteiger partial charge >= 0.3 is 5.51 Å². The van der Waals surface area contributed by atoms with Gasteiger partial charge in [0.25, 0.3) is 0 Å². The van der Waals surface area contributed by atoms with Crippen LogP contribution in [-0.4, -0.2) is 36.6 Å². The molecule has 1 atom stereocenters. The summed E-state index contributed by atoms with van der Waals surface area (Å²) in [5.74, 6) is 0. The molecular formula is C13H17F3N2S. The second-order valence-corrected chi connectivity index (χ2v) is 5.65. The fourth-order valence-corrected chi connectivity index (χ4v) is 3.06. The summed E-state index contributed by atoms with van der Waals surface area (Å²) in [7, 11) is 0. The first-order valence-corrected chi connectivity index (χ1v) is 7.08. The molecule has 1 aromatic rings. The van der Waals surface area contributed by atoms with Crippen molar-refractivity contribution in [3.8, 4) is 0 Å². The zero-order valence-electron chi connectivity index (χ0n) is 10.7. The maximum Gasteiger partial charge on any atom is 0.446 e. The molecule has 2 nitrogen and oxygen atoms in total. The molecule has 6 heteroatoms. The van der Waals surface area contributed by atoms with Crippen molar-refractivity contribution in [3.05, 3.63) is 29.8 Å². The summed E-state index contributed by atoms with van der Waals surface area (Å²) in [5, 5.41) is 3.25. The van der Waals surface area contributed by atoms with Gasteiger partial charge in [0.2, 0.25) is 0 Å².